The van der Waals surface area contributed by atoms with Crippen molar-refractivity contribution in [2.45, 2.75) is 23.9 Å². The molecule has 0 aliphatic carbocycles. The molecular formula is C25H27F3N6O3S. The number of benzene rings is 2. The molecule has 0 saturated carbocycles. The normalized spacial score (nSPS) is 12.4. The van der Waals surface area contributed by atoms with E-state index >= 15 is 0 Å². The number of halogens is 3. The zero-order valence-electron chi connectivity index (χ0n) is 21.0. The van der Waals surface area contributed by atoms with E-state index in [1.807, 2.05) is 19.0 Å². The highest BCUT2D eigenvalue weighted by atomic mass is 32.2. The maximum atomic E-state index is 12.8. The Hall–Kier alpha value is -3.55. The van der Waals surface area contributed by atoms with Crippen LogP contribution < -0.4 is 4.72 Å². The van der Waals surface area contributed by atoms with Gasteiger partial charge in [-0.15, -0.1) is 0 Å². The third kappa shape index (κ3) is 6.47. The number of nitrogens with zero attached hydrogens (tertiary/aromatic N) is 5. The average molecular weight is 549 g/mol. The quantitative estimate of drug-likeness (QED) is 0.322. The van der Waals surface area contributed by atoms with E-state index in [1.165, 1.54) is 24.3 Å². The lowest BCUT2D eigenvalue weighted by Crippen LogP contribution is -2.31. The fraction of sp³-hybridized carbons (Fsp3) is 0.320. The van der Waals surface area contributed by atoms with Gasteiger partial charge in [0.25, 0.3) is 5.89 Å². The van der Waals surface area contributed by atoms with Crippen LogP contribution in [0.1, 0.15) is 16.8 Å². The lowest BCUT2D eigenvalue weighted by molar-refractivity contribution is -0.137. The van der Waals surface area contributed by atoms with Crippen LogP contribution >= 0.6 is 0 Å². The zero-order chi connectivity index (χ0) is 27.5. The van der Waals surface area contributed by atoms with E-state index in [0.29, 0.717) is 30.5 Å². The summed E-state index contributed by atoms with van der Waals surface area (Å²) in [4.78, 5) is 6.40. The van der Waals surface area contributed by atoms with Crippen LogP contribution in [0, 0.1) is 0 Å². The topological polar surface area (TPSA) is 106 Å². The first-order valence-corrected chi connectivity index (χ1v) is 13.2. The second-order valence-corrected chi connectivity index (χ2v) is 10.7. The Bertz CT molecular complexity index is 1500. The molecule has 9 nitrogen and oxygen atoms in total. The summed E-state index contributed by atoms with van der Waals surface area (Å²) in [5, 5.41) is 8.29. The molecule has 13 heteroatoms. The maximum absolute atomic E-state index is 12.8. The number of aryl methyl sites for hydroxylation is 2. The molecule has 0 aliphatic rings. The molecule has 0 spiro atoms. The number of alkyl halides is 3. The monoisotopic (exact) mass is 548 g/mol. The van der Waals surface area contributed by atoms with Gasteiger partial charge in [0.15, 0.2) is 0 Å². The van der Waals surface area contributed by atoms with Crippen LogP contribution in [0.5, 0.6) is 0 Å². The van der Waals surface area contributed by atoms with E-state index in [9.17, 15) is 21.6 Å². The van der Waals surface area contributed by atoms with E-state index in [2.05, 4.69) is 20.0 Å². The summed E-state index contributed by atoms with van der Waals surface area (Å²) in [5.41, 5.74) is 1.87. The van der Waals surface area contributed by atoms with Gasteiger partial charge in [-0.05, 0) is 56.8 Å². The molecule has 4 rings (SSSR count). The van der Waals surface area contributed by atoms with E-state index in [-0.39, 0.29) is 23.2 Å². The van der Waals surface area contributed by atoms with Crippen LogP contribution in [0.15, 0.2) is 64.1 Å². The highest BCUT2D eigenvalue weighted by Crippen LogP contribution is 2.30. The van der Waals surface area contributed by atoms with Crippen molar-refractivity contribution in [2.75, 3.05) is 27.2 Å². The van der Waals surface area contributed by atoms with E-state index in [1.54, 1.807) is 30.1 Å². The molecule has 0 radical (unpaired) electrons. The Morgan fingerprint density at radius 3 is 2.50 bits per heavy atom. The van der Waals surface area contributed by atoms with Gasteiger partial charge in [-0.2, -0.15) is 23.3 Å². The number of hydrogen-bond donors (Lipinski definition) is 1. The third-order valence-corrected chi connectivity index (χ3v) is 7.36. The summed E-state index contributed by atoms with van der Waals surface area (Å²) in [6, 6.07) is 11.3. The van der Waals surface area contributed by atoms with Crippen molar-refractivity contribution in [3.8, 4) is 22.8 Å². The molecule has 0 bridgehead atoms. The van der Waals surface area contributed by atoms with Gasteiger partial charge in [0.05, 0.1) is 27.9 Å². The fourth-order valence-electron chi connectivity index (χ4n) is 3.80. The second-order valence-electron chi connectivity index (χ2n) is 8.98. The molecule has 1 N–H and O–H groups in total. The largest absolute Gasteiger partial charge is 0.416 e. The van der Waals surface area contributed by atoms with Gasteiger partial charge in [0, 0.05) is 25.7 Å². The average Bonchev–Trinajstić information content (AvgIpc) is 3.49. The Balaban J connectivity index is 1.51. The number of likely N-dealkylation sites (N-methyl/N-ethyl adjacent to an activating group) is 1. The Morgan fingerprint density at radius 1 is 1.08 bits per heavy atom. The first-order valence-electron chi connectivity index (χ1n) is 11.7. The van der Waals surface area contributed by atoms with Crippen LogP contribution in [0.25, 0.3) is 22.8 Å². The van der Waals surface area contributed by atoms with Crippen molar-refractivity contribution < 1.29 is 26.1 Å². The smallest absolute Gasteiger partial charge is 0.333 e. The SMILES string of the molecule is CN(C)CCNS(=O)(=O)c1cccc(-c2noc(-c3cnn(C)c3CCc3ccc(C(F)(F)F)cc3)n2)c1. The molecule has 0 amide bonds. The molecule has 0 fully saturated rings. The van der Waals surface area contributed by atoms with Crippen molar-refractivity contribution >= 4 is 10.0 Å². The predicted molar refractivity (Wildman–Crippen MR) is 135 cm³/mol. The molecule has 202 valence electrons. The van der Waals surface area contributed by atoms with Crippen LogP contribution in [-0.4, -0.2) is 60.4 Å². The van der Waals surface area contributed by atoms with Crippen LogP contribution in [0.3, 0.4) is 0 Å². The van der Waals surface area contributed by atoms with Gasteiger partial charge >= 0.3 is 6.18 Å². The summed E-state index contributed by atoms with van der Waals surface area (Å²) in [7, 11) is 1.74. The summed E-state index contributed by atoms with van der Waals surface area (Å²) >= 11 is 0. The summed E-state index contributed by atoms with van der Waals surface area (Å²) < 4.78 is 73.5. The maximum Gasteiger partial charge on any atom is 0.416 e. The minimum atomic E-state index is -4.38. The van der Waals surface area contributed by atoms with Crippen molar-refractivity contribution in [2.24, 2.45) is 7.05 Å². The van der Waals surface area contributed by atoms with Gasteiger partial charge in [-0.1, -0.05) is 29.4 Å². The highest BCUT2D eigenvalue weighted by molar-refractivity contribution is 7.89. The molecule has 0 atom stereocenters. The minimum absolute atomic E-state index is 0.0821. The van der Waals surface area contributed by atoms with Crippen LogP contribution in [-0.2, 0) is 36.1 Å². The van der Waals surface area contributed by atoms with Gasteiger partial charge in [0.1, 0.15) is 0 Å². The molecule has 38 heavy (non-hydrogen) atoms. The molecular weight excluding hydrogens is 521 g/mol. The molecule has 2 heterocycles. The van der Waals surface area contributed by atoms with E-state index in [0.717, 1.165) is 23.4 Å². The summed E-state index contributed by atoms with van der Waals surface area (Å²) in [6.07, 6.45) is -1.85. The molecule has 2 aromatic heterocycles. The van der Waals surface area contributed by atoms with Crippen molar-refractivity contribution in [1.82, 2.24) is 29.5 Å². The van der Waals surface area contributed by atoms with Gasteiger partial charge < -0.3 is 9.42 Å². The molecule has 2 aromatic carbocycles. The number of hydrogen-bond acceptors (Lipinski definition) is 7. The summed E-state index contributed by atoms with van der Waals surface area (Å²) in [6.45, 7) is 0.821. The van der Waals surface area contributed by atoms with Crippen LogP contribution in [0.2, 0.25) is 0 Å². The molecule has 0 unspecified atom stereocenters. The second kappa shape index (κ2) is 11.1. The third-order valence-electron chi connectivity index (χ3n) is 5.90. The predicted octanol–water partition coefficient (Wildman–Crippen LogP) is 3.78. The molecule has 4 aromatic rings. The standard InChI is InChI=1S/C25H27F3N6O3S/c1-33(2)14-13-30-38(35,36)20-6-4-5-18(15-20)23-31-24(37-32-23)21-16-29-34(3)22(21)12-9-17-7-10-19(11-8-17)25(26,27)28/h4-8,10-11,15-16,30H,9,12-14H2,1-3H3. The highest BCUT2D eigenvalue weighted by Gasteiger charge is 2.30. The lowest BCUT2D eigenvalue weighted by Gasteiger charge is -2.11. The van der Waals surface area contributed by atoms with E-state index in [4.69, 9.17) is 4.52 Å². The van der Waals surface area contributed by atoms with Crippen molar-refractivity contribution in [3.05, 3.63) is 71.5 Å². The fourth-order valence-corrected chi connectivity index (χ4v) is 4.87. The van der Waals surface area contributed by atoms with Crippen molar-refractivity contribution in [3.63, 3.8) is 0 Å². The van der Waals surface area contributed by atoms with Crippen molar-refractivity contribution in [1.29, 1.82) is 0 Å². The lowest BCUT2D eigenvalue weighted by atomic mass is 10.0. The first kappa shape index (κ1) is 27.5. The Kier molecular flexibility index (Phi) is 7.99. The zero-order valence-corrected chi connectivity index (χ0v) is 21.8. The molecule has 0 aliphatic heterocycles. The number of nitrogens with one attached hydrogen (secondary N) is 1. The van der Waals surface area contributed by atoms with Crippen LogP contribution in [0.4, 0.5) is 13.2 Å². The minimum Gasteiger partial charge on any atom is -0.333 e. The molecule has 0 saturated heterocycles. The summed E-state index contributed by atoms with van der Waals surface area (Å²) in [5.74, 6) is 0.413. The number of sulfonamides is 1. The van der Waals surface area contributed by atoms with E-state index < -0.39 is 21.8 Å². The van der Waals surface area contributed by atoms with Gasteiger partial charge in [-0.3, -0.25) is 4.68 Å². The van der Waals surface area contributed by atoms with Gasteiger partial charge in [-0.25, -0.2) is 13.1 Å². The Labute approximate surface area is 218 Å². The Morgan fingerprint density at radius 2 is 1.82 bits per heavy atom. The number of aromatic nitrogens is 4. The number of rotatable bonds is 10. The first-order chi connectivity index (χ1) is 17.9. The van der Waals surface area contributed by atoms with Gasteiger partial charge in [0.2, 0.25) is 15.8 Å².